The van der Waals surface area contributed by atoms with Crippen molar-refractivity contribution in [1.29, 1.82) is 0 Å². The second kappa shape index (κ2) is 7.14. The van der Waals surface area contributed by atoms with E-state index in [0.717, 1.165) is 49.0 Å². The third-order valence-corrected chi connectivity index (χ3v) is 4.94. The Kier molecular flexibility index (Phi) is 4.97. The Morgan fingerprint density at radius 2 is 2.30 bits per heavy atom. The number of carbonyl (C=O) groups is 1. The third kappa shape index (κ3) is 4.11. The van der Waals surface area contributed by atoms with Crippen LogP contribution in [-0.2, 0) is 6.54 Å². The lowest BCUT2D eigenvalue weighted by atomic mass is 10.1. The van der Waals surface area contributed by atoms with Crippen LogP contribution in [0.15, 0.2) is 18.2 Å². The van der Waals surface area contributed by atoms with E-state index in [9.17, 15) is 4.79 Å². The fraction of sp³-hybridized carbons (Fsp3) is 0.500. The maximum absolute atomic E-state index is 12.1. The van der Waals surface area contributed by atoms with Crippen LogP contribution in [0.4, 0.5) is 0 Å². The molecule has 0 spiro atoms. The maximum atomic E-state index is 12.1. The molecule has 1 N–H and O–H groups in total. The summed E-state index contributed by atoms with van der Waals surface area (Å²) in [5.41, 5.74) is 2.87. The lowest BCUT2D eigenvalue weighted by Crippen LogP contribution is -2.31. The second-order valence-corrected chi connectivity index (χ2v) is 6.81. The molecule has 2 aromatic rings. The molecular formula is C16H21N5OS. The standard InChI is InChI=1S/C16H21N5OS/c1-11-4-3-5-14(18-11)10-21-7-6-13(9-21)8-17-16(22)15-12(2)19-20-23-15/h3-5,13H,6-10H2,1-2H3,(H,17,22)/t13-/m1/s1. The summed E-state index contributed by atoms with van der Waals surface area (Å²) in [7, 11) is 0. The molecule has 23 heavy (non-hydrogen) atoms. The van der Waals surface area contributed by atoms with E-state index in [1.807, 2.05) is 19.9 Å². The van der Waals surface area contributed by atoms with E-state index in [1.54, 1.807) is 0 Å². The number of aromatic nitrogens is 3. The van der Waals surface area contributed by atoms with E-state index in [4.69, 9.17) is 0 Å². The number of nitrogens with zero attached hydrogens (tertiary/aromatic N) is 4. The molecule has 1 aliphatic heterocycles. The predicted octanol–water partition coefficient (Wildman–Crippen LogP) is 1.80. The SMILES string of the molecule is Cc1cccc(CN2CC[C@H](CNC(=O)c3snnc3C)C2)n1. The minimum absolute atomic E-state index is 0.0590. The molecule has 0 saturated carbocycles. The highest BCUT2D eigenvalue weighted by molar-refractivity contribution is 7.07. The number of carbonyl (C=O) groups excluding carboxylic acids is 1. The first-order valence-electron chi connectivity index (χ1n) is 7.84. The number of hydrogen-bond acceptors (Lipinski definition) is 6. The highest BCUT2D eigenvalue weighted by Crippen LogP contribution is 2.18. The fourth-order valence-corrected chi connectivity index (χ4v) is 3.47. The monoisotopic (exact) mass is 331 g/mol. The van der Waals surface area contributed by atoms with Crippen molar-refractivity contribution in [2.75, 3.05) is 19.6 Å². The summed E-state index contributed by atoms with van der Waals surface area (Å²) < 4.78 is 3.80. The first-order chi connectivity index (χ1) is 11.1. The molecule has 0 aliphatic carbocycles. The van der Waals surface area contributed by atoms with E-state index in [2.05, 4.69) is 36.9 Å². The van der Waals surface area contributed by atoms with Crippen LogP contribution in [0.5, 0.6) is 0 Å². The van der Waals surface area contributed by atoms with Crippen LogP contribution in [0, 0.1) is 19.8 Å². The van der Waals surface area contributed by atoms with Crippen molar-refractivity contribution in [3.05, 3.63) is 40.2 Å². The first-order valence-corrected chi connectivity index (χ1v) is 8.61. The highest BCUT2D eigenvalue weighted by Gasteiger charge is 2.24. The van der Waals surface area contributed by atoms with Crippen LogP contribution in [0.1, 0.15) is 33.2 Å². The molecule has 1 fully saturated rings. The van der Waals surface area contributed by atoms with Gasteiger partial charge in [-0.1, -0.05) is 10.6 Å². The smallest absolute Gasteiger partial charge is 0.264 e. The molecule has 0 unspecified atom stereocenters. The second-order valence-electron chi connectivity index (χ2n) is 6.06. The molecule has 6 nitrogen and oxygen atoms in total. The Bertz CT molecular complexity index is 687. The van der Waals surface area contributed by atoms with Crippen molar-refractivity contribution in [3.63, 3.8) is 0 Å². The van der Waals surface area contributed by atoms with Crippen LogP contribution in [-0.4, -0.2) is 45.0 Å². The van der Waals surface area contributed by atoms with Crippen molar-refractivity contribution in [1.82, 2.24) is 24.8 Å². The number of rotatable bonds is 5. The Morgan fingerprint density at radius 3 is 3.04 bits per heavy atom. The zero-order valence-electron chi connectivity index (χ0n) is 13.5. The zero-order valence-corrected chi connectivity index (χ0v) is 14.3. The van der Waals surface area contributed by atoms with Crippen LogP contribution < -0.4 is 5.32 Å². The molecule has 0 radical (unpaired) electrons. The minimum atomic E-state index is -0.0590. The number of likely N-dealkylation sites (tertiary alicyclic amines) is 1. The van der Waals surface area contributed by atoms with Gasteiger partial charge in [0.15, 0.2) is 0 Å². The summed E-state index contributed by atoms with van der Waals surface area (Å²) in [6.07, 6.45) is 1.10. The molecule has 0 aromatic carbocycles. The largest absolute Gasteiger partial charge is 0.351 e. The Labute approximate surface area is 140 Å². The maximum Gasteiger partial charge on any atom is 0.264 e. The van der Waals surface area contributed by atoms with Crippen molar-refractivity contribution in [3.8, 4) is 0 Å². The summed E-state index contributed by atoms with van der Waals surface area (Å²) in [4.78, 5) is 19.7. The lowest BCUT2D eigenvalue weighted by molar-refractivity contribution is 0.0950. The average molecular weight is 331 g/mol. The predicted molar refractivity (Wildman–Crippen MR) is 89.3 cm³/mol. The molecule has 122 valence electrons. The van der Waals surface area contributed by atoms with Gasteiger partial charge in [-0.05, 0) is 56.4 Å². The molecule has 7 heteroatoms. The molecule has 0 bridgehead atoms. The van der Waals surface area contributed by atoms with Gasteiger partial charge in [0.1, 0.15) is 4.88 Å². The first kappa shape index (κ1) is 16.0. The van der Waals surface area contributed by atoms with Gasteiger partial charge in [-0.25, -0.2) is 0 Å². The van der Waals surface area contributed by atoms with Crippen LogP contribution in [0.2, 0.25) is 0 Å². The number of aryl methyl sites for hydroxylation is 2. The molecule has 1 aliphatic rings. The van der Waals surface area contributed by atoms with Gasteiger partial charge in [0.2, 0.25) is 0 Å². The van der Waals surface area contributed by atoms with Crippen molar-refractivity contribution in [2.45, 2.75) is 26.8 Å². The molecule has 3 rings (SSSR count). The van der Waals surface area contributed by atoms with Crippen LogP contribution >= 0.6 is 11.5 Å². The third-order valence-electron chi connectivity index (χ3n) is 4.11. The van der Waals surface area contributed by atoms with Crippen LogP contribution in [0.25, 0.3) is 0 Å². The lowest BCUT2D eigenvalue weighted by Gasteiger charge is -2.16. The minimum Gasteiger partial charge on any atom is -0.351 e. The molecule has 3 heterocycles. The van der Waals surface area contributed by atoms with Gasteiger partial charge >= 0.3 is 0 Å². The van der Waals surface area contributed by atoms with Crippen LogP contribution in [0.3, 0.4) is 0 Å². The quantitative estimate of drug-likeness (QED) is 0.904. The Morgan fingerprint density at radius 1 is 1.43 bits per heavy atom. The van der Waals surface area contributed by atoms with Gasteiger partial charge in [-0.15, -0.1) is 5.10 Å². The molecule has 1 saturated heterocycles. The van der Waals surface area contributed by atoms with Crippen molar-refractivity contribution in [2.24, 2.45) is 5.92 Å². The number of pyridine rings is 1. The van der Waals surface area contributed by atoms with Gasteiger partial charge < -0.3 is 5.32 Å². The summed E-state index contributed by atoms with van der Waals surface area (Å²) in [5.74, 6) is 0.432. The van der Waals surface area contributed by atoms with Gasteiger partial charge in [0, 0.05) is 25.3 Å². The van der Waals surface area contributed by atoms with E-state index < -0.39 is 0 Å². The summed E-state index contributed by atoms with van der Waals surface area (Å²) in [5, 5.41) is 6.89. The topological polar surface area (TPSA) is 71.0 Å². The summed E-state index contributed by atoms with van der Waals surface area (Å²) >= 11 is 1.15. The molecular weight excluding hydrogens is 310 g/mol. The fourth-order valence-electron chi connectivity index (χ4n) is 2.90. The number of nitrogens with one attached hydrogen (secondary N) is 1. The van der Waals surface area contributed by atoms with Gasteiger partial charge in [0.25, 0.3) is 5.91 Å². The summed E-state index contributed by atoms with van der Waals surface area (Å²) in [6.45, 7) is 7.46. The highest BCUT2D eigenvalue weighted by atomic mass is 32.1. The zero-order chi connectivity index (χ0) is 16.2. The van der Waals surface area contributed by atoms with E-state index in [1.165, 1.54) is 0 Å². The summed E-state index contributed by atoms with van der Waals surface area (Å²) in [6, 6.07) is 6.14. The Hall–Kier alpha value is -1.86. The molecule has 1 amide bonds. The van der Waals surface area contributed by atoms with E-state index in [-0.39, 0.29) is 5.91 Å². The number of amides is 1. The normalized spacial score (nSPS) is 18.3. The number of hydrogen-bond donors (Lipinski definition) is 1. The molecule has 1 atom stereocenters. The van der Waals surface area contributed by atoms with Crippen molar-refractivity contribution < 1.29 is 4.79 Å². The molecule has 2 aromatic heterocycles. The van der Waals surface area contributed by atoms with E-state index >= 15 is 0 Å². The van der Waals surface area contributed by atoms with Gasteiger partial charge in [-0.2, -0.15) is 0 Å². The van der Waals surface area contributed by atoms with Crippen molar-refractivity contribution >= 4 is 17.4 Å². The van der Waals surface area contributed by atoms with E-state index in [0.29, 0.717) is 23.0 Å². The average Bonchev–Trinajstić information content (AvgIpc) is 3.14. The Balaban J connectivity index is 1.47. The van der Waals surface area contributed by atoms with Gasteiger partial charge in [0.05, 0.1) is 11.4 Å². The van der Waals surface area contributed by atoms with Gasteiger partial charge in [-0.3, -0.25) is 14.7 Å².